The number of fused-ring (bicyclic) bond motifs is 1. The van der Waals surface area contributed by atoms with Crippen LogP contribution in [0.2, 0.25) is 0 Å². The molecule has 1 N–H and O–H groups in total. The zero-order valence-corrected chi connectivity index (χ0v) is 15.1. The number of nitrogens with zero attached hydrogens (tertiary/aromatic N) is 1. The molecule has 4 nitrogen and oxygen atoms in total. The maximum absolute atomic E-state index is 12.9. The molecule has 0 amide bonds. The number of anilines is 1. The van der Waals surface area contributed by atoms with Crippen LogP contribution in [0.4, 0.5) is 5.13 Å². The van der Waals surface area contributed by atoms with Crippen LogP contribution in [0.3, 0.4) is 0 Å². The molecule has 1 heterocycles. The zero-order chi connectivity index (χ0) is 16.8. The highest BCUT2D eigenvalue weighted by molar-refractivity contribution is 7.93. The van der Waals surface area contributed by atoms with E-state index in [1.807, 2.05) is 58.0 Å². The van der Waals surface area contributed by atoms with Crippen molar-refractivity contribution in [1.82, 2.24) is 4.98 Å². The normalized spacial score (nSPS) is 11.8. The van der Waals surface area contributed by atoms with Gasteiger partial charge in [0.05, 0.1) is 15.1 Å². The Balaban J connectivity index is 2.09. The van der Waals surface area contributed by atoms with Gasteiger partial charge in [-0.05, 0) is 62.1 Å². The quantitative estimate of drug-likeness (QED) is 0.768. The maximum Gasteiger partial charge on any atom is 0.264 e. The van der Waals surface area contributed by atoms with Crippen LogP contribution in [0.25, 0.3) is 10.2 Å². The second-order valence-corrected chi connectivity index (χ2v) is 8.33. The second-order valence-electron chi connectivity index (χ2n) is 5.68. The Morgan fingerprint density at radius 3 is 2.22 bits per heavy atom. The van der Waals surface area contributed by atoms with Crippen molar-refractivity contribution in [2.24, 2.45) is 0 Å². The Labute approximate surface area is 140 Å². The first-order chi connectivity index (χ1) is 10.8. The zero-order valence-electron chi connectivity index (χ0n) is 13.5. The molecule has 1 aromatic heterocycles. The highest BCUT2D eigenvalue weighted by atomic mass is 32.2. The van der Waals surface area contributed by atoms with Gasteiger partial charge in [-0.3, -0.25) is 4.72 Å². The summed E-state index contributed by atoms with van der Waals surface area (Å²) >= 11 is 1.34. The molecule has 0 fully saturated rings. The van der Waals surface area contributed by atoms with Crippen molar-refractivity contribution in [3.05, 3.63) is 52.6 Å². The van der Waals surface area contributed by atoms with E-state index < -0.39 is 10.0 Å². The summed E-state index contributed by atoms with van der Waals surface area (Å²) in [5.41, 5.74) is 4.29. The average molecular weight is 346 g/mol. The summed E-state index contributed by atoms with van der Waals surface area (Å²) in [5, 5.41) is 0.393. The number of benzene rings is 2. The number of aromatic nitrogens is 1. The van der Waals surface area contributed by atoms with Crippen LogP contribution in [0, 0.1) is 27.7 Å². The van der Waals surface area contributed by atoms with Crippen molar-refractivity contribution in [2.45, 2.75) is 32.6 Å². The standard InChI is InChI=1S/C17H18N2O2S2/c1-10-9-11(2)13(4)16(12(10)3)23(20,21)19-17-18-14-7-5-6-8-15(14)22-17/h5-9H,1-4H3,(H,18,19). The van der Waals surface area contributed by atoms with Crippen LogP contribution >= 0.6 is 11.3 Å². The first-order valence-electron chi connectivity index (χ1n) is 7.25. The fourth-order valence-corrected chi connectivity index (χ4v) is 5.38. The molecule has 0 radical (unpaired) electrons. The number of para-hydroxylation sites is 1. The van der Waals surface area contributed by atoms with Gasteiger partial charge in [-0.15, -0.1) is 0 Å². The molecule has 0 atom stereocenters. The third kappa shape index (κ3) is 2.84. The van der Waals surface area contributed by atoms with E-state index >= 15 is 0 Å². The second kappa shape index (κ2) is 5.62. The van der Waals surface area contributed by atoms with Crippen molar-refractivity contribution in [2.75, 3.05) is 4.72 Å². The molecule has 0 unspecified atom stereocenters. The van der Waals surface area contributed by atoms with Crippen LogP contribution < -0.4 is 4.72 Å². The Bertz CT molecular complexity index is 946. The minimum atomic E-state index is -3.67. The molecule has 0 aliphatic heterocycles. The summed E-state index contributed by atoms with van der Waals surface area (Å²) in [6.45, 7) is 7.54. The third-order valence-corrected chi connectivity index (χ3v) is 6.77. The summed E-state index contributed by atoms with van der Waals surface area (Å²) in [4.78, 5) is 4.71. The predicted molar refractivity (Wildman–Crippen MR) is 95.8 cm³/mol. The predicted octanol–water partition coefficient (Wildman–Crippen LogP) is 4.33. The lowest BCUT2D eigenvalue weighted by atomic mass is 10.0. The molecule has 0 saturated carbocycles. The highest BCUT2D eigenvalue weighted by Crippen LogP contribution is 2.31. The molecule has 3 aromatic rings. The van der Waals surface area contributed by atoms with E-state index in [1.165, 1.54) is 11.3 Å². The van der Waals surface area contributed by atoms with Crippen LogP contribution in [-0.4, -0.2) is 13.4 Å². The van der Waals surface area contributed by atoms with E-state index in [0.29, 0.717) is 10.0 Å². The SMILES string of the molecule is Cc1cc(C)c(C)c(S(=O)(=O)Nc2nc3ccccc3s2)c1C. The van der Waals surface area contributed by atoms with E-state index in [9.17, 15) is 8.42 Å². The van der Waals surface area contributed by atoms with Crippen molar-refractivity contribution in [3.63, 3.8) is 0 Å². The van der Waals surface area contributed by atoms with Gasteiger partial charge in [-0.1, -0.05) is 29.5 Å². The van der Waals surface area contributed by atoms with Gasteiger partial charge in [0.15, 0.2) is 5.13 Å². The van der Waals surface area contributed by atoms with Crippen molar-refractivity contribution in [1.29, 1.82) is 0 Å². The molecule has 23 heavy (non-hydrogen) atoms. The van der Waals surface area contributed by atoms with E-state index in [0.717, 1.165) is 32.5 Å². The summed E-state index contributed by atoms with van der Waals surface area (Å²) in [7, 11) is -3.67. The van der Waals surface area contributed by atoms with Crippen LogP contribution in [0.1, 0.15) is 22.3 Å². The van der Waals surface area contributed by atoms with Gasteiger partial charge < -0.3 is 0 Å². The van der Waals surface area contributed by atoms with Crippen LogP contribution in [0.5, 0.6) is 0 Å². The smallest absolute Gasteiger partial charge is 0.255 e. The molecule has 2 aromatic carbocycles. The third-order valence-electron chi connectivity index (χ3n) is 4.08. The minimum absolute atomic E-state index is 0.356. The van der Waals surface area contributed by atoms with Crippen molar-refractivity contribution in [3.8, 4) is 0 Å². The largest absolute Gasteiger partial charge is 0.264 e. The molecular weight excluding hydrogens is 328 g/mol. The molecule has 0 aliphatic carbocycles. The monoisotopic (exact) mass is 346 g/mol. The Morgan fingerprint density at radius 2 is 1.61 bits per heavy atom. The fraction of sp³-hybridized carbons (Fsp3) is 0.235. The number of sulfonamides is 1. The van der Waals surface area contributed by atoms with Gasteiger partial charge in [0.25, 0.3) is 10.0 Å². The van der Waals surface area contributed by atoms with Crippen molar-refractivity contribution >= 4 is 36.7 Å². The average Bonchev–Trinajstić information content (AvgIpc) is 2.86. The molecule has 0 bridgehead atoms. The van der Waals surface area contributed by atoms with E-state index in [4.69, 9.17) is 0 Å². The summed E-state index contributed by atoms with van der Waals surface area (Å²) < 4.78 is 29.4. The molecule has 6 heteroatoms. The number of thiazole rings is 1. The van der Waals surface area contributed by atoms with Crippen LogP contribution in [-0.2, 0) is 10.0 Å². The Kier molecular flexibility index (Phi) is 3.90. The number of rotatable bonds is 3. The lowest BCUT2D eigenvalue weighted by molar-refractivity contribution is 0.599. The first-order valence-corrected chi connectivity index (χ1v) is 9.55. The van der Waals surface area contributed by atoms with E-state index in [1.54, 1.807) is 0 Å². The van der Waals surface area contributed by atoms with Gasteiger partial charge >= 0.3 is 0 Å². The lowest BCUT2D eigenvalue weighted by Gasteiger charge is -2.15. The molecule has 0 saturated heterocycles. The molecule has 0 spiro atoms. The maximum atomic E-state index is 12.9. The van der Waals surface area contributed by atoms with Gasteiger partial charge in [0.2, 0.25) is 0 Å². The van der Waals surface area contributed by atoms with E-state index in [-0.39, 0.29) is 0 Å². The molecule has 120 valence electrons. The number of hydrogen-bond donors (Lipinski definition) is 1. The van der Waals surface area contributed by atoms with Crippen LogP contribution in [0.15, 0.2) is 35.2 Å². The molecule has 3 rings (SSSR count). The Hall–Kier alpha value is -1.92. The lowest BCUT2D eigenvalue weighted by Crippen LogP contribution is -2.16. The number of aryl methyl sites for hydroxylation is 2. The highest BCUT2D eigenvalue weighted by Gasteiger charge is 2.23. The summed E-state index contributed by atoms with van der Waals surface area (Å²) in [6, 6.07) is 9.62. The number of hydrogen-bond acceptors (Lipinski definition) is 4. The summed E-state index contributed by atoms with van der Waals surface area (Å²) in [5.74, 6) is 0. The minimum Gasteiger partial charge on any atom is -0.255 e. The topological polar surface area (TPSA) is 59.1 Å². The summed E-state index contributed by atoms with van der Waals surface area (Å²) in [6.07, 6.45) is 0. The molecular formula is C17H18N2O2S2. The van der Waals surface area contributed by atoms with E-state index in [2.05, 4.69) is 9.71 Å². The Morgan fingerprint density at radius 1 is 1.00 bits per heavy atom. The van der Waals surface area contributed by atoms with Gasteiger partial charge in [0.1, 0.15) is 0 Å². The first kappa shape index (κ1) is 16.0. The molecule has 0 aliphatic rings. The fourth-order valence-electron chi connectivity index (χ4n) is 2.67. The van der Waals surface area contributed by atoms with Gasteiger partial charge in [0, 0.05) is 0 Å². The van der Waals surface area contributed by atoms with Gasteiger partial charge in [-0.2, -0.15) is 0 Å². The van der Waals surface area contributed by atoms with Gasteiger partial charge in [-0.25, -0.2) is 13.4 Å². The number of nitrogens with one attached hydrogen (secondary N) is 1. The van der Waals surface area contributed by atoms with Crippen molar-refractivity contribution < 1.29 is 8.42 Å².